The van der Waals surface area contributed by atoms with Crippen molar-refractivity contribution in [2.45, 2.75) is 46.6 Å². The molecule has 1 aliphatic heterocycles. The number of aryl methyl sites for hydroxylation is 1. The lowest BCUT2D eigenvalue weighted by Crippen LogP contribution is -2.14. The van der Waals surface area contributed by atoms with Crippen LogP contribution in [-0.4, -0.2) is 22.7 Å². The molecule has 0 aromatic carbocycles. The summed E-state index contributed by atoms with van der Waals surface area (Å²) >= 11 is 1.54. The number of amides is 1. The fourth-order valence-corrected chi connectivity index (χ4v) is 3.78. The first-order chi connectivity index (χ1) is 11.1. The molecule has 0 aliphatic carbocycles. The molecule has 124 valence electrons. The van der Waals surface area contributed by atoms with E-state index in [2.05, 4.69) is 29.3 Å². The van der Waals surface area contributed by atoms with Crippen molar-refractivity contribution in [1.29, 1.82) is 0 Å². The summed E-state index contributed by atoms with van der Waals surface area (Å²) in [6, 6.07) is 0. The second-order valence-electron chi connectivity index (χ2n) is 5.92. The number of ether oxygens (including phenoxy) is 1. The molecule has 2 aromatic rings. The van der Waals surface area contributed by atoms with E-state index in [-0.39, 0.29) is 5.91 Å². The van der Waals surface area contributed by atoms with E-state index in [0.717, 1.165) is 33.8 Å². The normalized spacial score (nSPS) is 15.3. The highest BCUT2D eigenvalue weighted by molar-refractivity contribution is 7.17. The van der Waals surface area contributed by atoms with Crippen LogP contribution in [0.1, 0.15) is 43.0 Å². The average molecular weight is 335 g/mol. The van der Waals surface area contributed by atoms with Crippen molar-refractivity contribution in [1.82, 2.24) is 10.1 Å². The molecule has 0 saturated heterocycles. The predicted molar refractivity (Wildman–Crippen MR) is 88.4 cm³/mol. The summed E-state index contributed by atoms with van der Waals surface area (Å²) in [5.74, 6) is 1.45. The van der Waals surface area contributed by atoms with Gasteiger partial charge in [-0.15, -0.1) is 11.3 Å². The molecule has 1 amide bonds. The number of hydrogen-bond donors (Lipinski definition) is 1. The SMILES string of the molecule is CCC(C)CC(=O)Nc1sc2c(c1-c1nc(C)no1)CCOC2. The van der Waals surface area contributed by atoms with Crippen LogP contribution in [0.2, 0.25) is 0 Å². The smallest absolute Gasteiger partial charge is 0.261 e. The molecule has 3 rings (SSSR count). The van der Waals surface area contributed by atoms with Gasteiger partial charge in [0.25, 0.3) is 5.89 Å². The molecular weight excluding hydrogens is 314 g/mol. The van der Waals surface area contributed by atoms with E-state index in [1.165, 1.54) is 0 Å². The Bertz CT molecular complexity index is 707. The number of aromatic nitrogens is 2. The number of nitrogens with one attached hydrogen (secondary N) is 1. The van der Waals surface area contributed by atoms with Gasteiger partial charge in [0.15, 0.2) is 5.82 Å². The number of anilines is 1. The van der Waals surface area contributed by atoms with Gasteiger partial charge in [-0.05, 0) is 24.8 Å². The first-order valence-corrected chi connectivity index (χ1v) is 8.73. The number of hydrogen-bond acceptors (Lipinski definition) is 6. The number of carbonyl (C=O) groups excluding carboxylic acids is 1. The Morgan fingerprint density at radius 3 is 3.00 bits per heavy atom. The Hall–Kier alpha value is -1.73. The second kappa shape index (κ2) is 6.80. The fourth-order valence-electron chi connectivity index (χ4n) is 2.58. The van der Waals surface area contributed by atoms with Gasteiger partial charge in [-0.2, -0.15) is 4.98 Å². The van der Waals surface area contributed by atoms with Gasteiger partial charge in [0.2, 0.25) is 5.91 Å². The van der Waals surface area contributed by atoms with E-state index in [1.807, 2.05) is 0 Å². The maximum absolute atomic E-state index is 12.3. The van der Waals surface area contributed by atoms with Crippen molar-refractivity contribution in [2.75, 3.05) is 11.9 Å². The van der Waals surface area contributed by atoms with Crippen LogP contribution in [0, 0.1) is 12.8 Å². The monoisotopic (exact) mass is 335 g/mol. The first kappa shape index (κ1) is 16.1. The quantitative estimate of drug-likeness (QED) is 0.904. The molecule has 0 saturated carbocycles. The highest BCUT2D eigenvalue weighted by Gasteiger charge is 2.26. The van der Waals surface area contributed by atoms with E-state index < -0.39 is 0 Å². The Balaban J connectivity index is 1.93. The summed E-state index contributed by atoms with van der Waals surface area (Å²) in [5, 5.41) is 7.70. The summed E-state index contributed by atoms with van der Waals surface area (Å²) in [5.41, 5.74) is 2.02. The Morgan fingerprint density at radius 1 is 1.48 bits per heavy atom. The number of rotatable bonds is 5. The van der Waals surface area contributed by atoms with Gasteiger partial charge in [0.05, 0.1) is 18.8 Å². The highest BCUT2D eigenvalue weighted by Crippen LogP contribution is 2.42. The van der Waals surface area contributed by atoms with Crippen molar-refractivity contribution in [3.05, 3.63) is 16.3 Å². The minimum atomic E-state index is 0.0244. The van der Waals surface area contributed by atoms with Crippen molar-refractivity contribution in [2.24, 2.45) is 5.92 Å². The molecule has 1 N–H and O–H groups in total. The van der Waals surface area contributed by atoms with Crippen molar-refractivity contribution in [3.63, 3.8) is 0 Å². The number of fused-ring (bicyclic) bond motifs is 1. The summed E-state index contributed by atoms with van der Waals surface area (Å²) in [6.07, 6.45) is 2.29. The molecule has 1 aliphatic rings. The topological polar surface area (TPSA) is 77.3 Å². The third-order valence-electron chi connectivity index (χ3n) is 4.05. The van der Waals surface area contributed by atoms with Gasteiger partial charge in [-0.1, -0.05) is 25.4 Å². The Morgan fingerprint density at radius 2 is 2.30 bits per heavy atom. The molecule has 7 heteroatoms. The van der Waals surface area contributed by atoms with Crippen LogP contribution in [0.15, 0.2) is 4.52 Å². The zero-order chi connectivity index (χ0) is 16.4. The lowest BCUT2D eigenvalue weighted by atomic mass is 10.0. The van der Waals surface area contributed by atoms with Gasteiger partial charge in [0.1, 0.15) is 5.00 Å². The lowest BCUT2D eigenvalue weighted by molar-refractivity contribution is -0.116. The fraction of sp³-hybridized carbons (Fsp3) is 0.562. The Kier molecular flexibility index (Phi) is 4.77. The molecule has 0 radical (unpaired) electrons. The van der Waals surface area contributed by atoms with Crippen LogP contribution in [-0.2, 0) is 22.6 Å². The van der Waals surface area contributed by atoms with Crippen molar-refractivity contribution in [3.8, 4) is 11.5 Å². The van der Waals surface area contributed by atoms with Gasteiger partial charge in [-0.3, -0.25) is 4.79 Å². The van der Waals surface area contributed by atoms with Crippen molar-refractivity contribution >= 4 is 22.2 Å². The predicted octanol–water partition coefficient (Wildman–Crippen LogP) is 3.55. The molecular formula is C16H21N3O3S. The third kappa shape index (κ3) is 3.45. The number of carbonyl (C=O) groups is 1. The van der Waals surface area contributed by atoms with Gasteiger partial charge in [0, 0.05) is 11.3 Å². The molecule has 1 unspecified atom stereocenters. The Labute approximate surface area is 139 Å². The molecule has 1 atom stereocenters. The molecule has 0 fully saturated rings. The molecule has 3 heterocycles. The lowest BCUT2D eigenvalue weighted by Gasteiger charge is -2.12. The summed E-state index contributed by atoms with van der Waals surface area (Å²) < 4.78 is 10.9. The molecule has 6 nitrogen and oxygen atoms in total. The van der Waals surface area contributed by atoms with Crippen LogP contribution in [0.3, 0.4) is 0 Å². The van der Waals surface area contributed by atoms with Crippen LogP contribution < -0.4 is 5.32 Å². The zero-order valence-electron chi connectivity index (χ0n) is 13.6. The van der Waals surface area contributed by atoms with Crippen LogP contribution in [0.5, 0.6) is 0 Å². The largest absolute Gasteiger partial charge is 0.376 e. The molecule has 2 aromatic heterocycles. The number of thiophene rings is 1. The van der Waals surface area contributed by atoms with Crippen LogP contribution >= 0.6 is 11.3 Å². The van der Waals surface area contributed by atoms with Crippen molar-refractivity contribution < 1.29 is 14.1 Å². The van der Waals surface area contributed by atoms with E-state index in [1.54, 1.807) is 18.3 Å². The van der Waals surface area contributed by atoms with E-state index in [4.69, 9.17) is 9.26 Å². The highest BCUT2D eigenvalue weighted by atomic mass is 32.1. The van der Waals surface area contributed by atoms with Gasteiger partial charge < -0.3 is 14.6 Å². The minimum absolute atomic E-state index is 0.0244. The summed E-state index contributed by atoms with van der Waals surface area (Å²) in [6.45, 7) is 7.20. The van der Waals surface area contributed by atoms with E-state index in [9.17, 15) is 4.79 Å². The van der Waals surface area contributed by atoms with E-state index >= 15 is 0 Å². The number of nitrogens with zero attached hydrogens (tertiary/aromatic N) is 2. The average Bonchev–Trinajstić information content (AvgIpc) is 3.09. The van der Waals surface area contributed by atoms with Crippen LogP contribution in [0.4, 0.5) is 5.00 Å². The van der Waals surface area contributed by atoms with Crippen LogP contribution in [0.25, 0.3) is 11.5 Å². The van der Waals surface area contributed by atoms with E-state index in [0.29, 0.717) is 37.3 Å². The molecule has 0 spiro atoms. The van der Waals surface area contributed by atoms with Gasteiger partial charge >= 0.3 is 0 Å². The molecule has 0 bridgehead atoms. The maximum Gasteiger partial charge on any atom is 0.261 e. The van der Waals surface area contributed by atoms with Gasteiger partial charge in [-0.25, -0.2) is 0 Å². The zero-order valence-corrected chi connectivity index (χ0v) is 14.5. The summed E-state index contributed by atoms with van der Waals surface area (Å²) in [7, 11) is 0. The second-order valence-corrected chi connectivity index (χ2v) is 7.03. The maximum atomic E-state index is 12.3. The summed E-state index contributed by atoms with van der Waals surface area (Å²) in [4.78, 5) is 17.7. The molecule has 23 heavy (non-hydrogen) atoms. The minimum Gasteiger partial charge on any atom is -0.376 e. The third-order valence-corrected chi connectivity index (χ3v) is 5.17. The first-order valence-electron chi connectivity index (χ1n) is 7.91. The standard InChI is InChI=1S/C16H21N3O3S/c1-4-9(2)7-13(20)18-16-14(15-17-10(3)19-22-15)11-5-6-21-8-12(11)23-16/h9H,4-8H2,1-3H3,(H,18,20).